The molecule has 1 aliphatic heterocycles. The topological polar surface area (TPSA) is 29.5 Å². The first-order chi connectivity index (χ1) is 10.8. The second-order valence-electron chi connectivity index (χ2n) is 7.43. The van der Waals surface area contributed by atoms with Gasteiger partial charge in [0, 0.05) is 13.1 Å². The molecule has 1 saturated heterocycles. The molecule has 1 aromatic rings. The third-order valence-corrected chi connectivity index (χ3v) is 4.33. The van der Waals surface area contributed by atoms with Crippen LogP contribution in [0.5, 0.6) is 0 Å². The number of carbonyl (C=O) groups excluding carboxylic acids is 1. The molecule has 2 rings (SSSR count). The summed E-state index contributed by atoms with van der Waals surface area (Å²) in [5, 5.41) is 0. The average Bonchev–Trinajstić information content (AvgIpc) is 2.52. The van der Waals surface area contributed by atoms with E-state index in [1.165, 1.54) is 5.56 Å². The molecule has 0 radical (unpaired) electrons. The first kappa shape index (κ1) is 17.6. The number of hydrogen-bond donors (Lipinski definition) is 0. The van der Waals surface area contributed by atoms with Crippen molar-refractivity contribution >= 4 is 12.2 Å². The number of hydrogen-bond acceptors (Lipinski definition) is 2. The van der Waals surface area contributed by atoms with Crippen molar-refractivity contribution in [2.45, 2.75) is 46.1 Å². The highest BCUT2D eigenvalue weighted by Crippen LogP contribution is 2.27. The van der Waals surface area contributed by atoms with Crippen LogP contribution in [-0.2, 0) is 4.74 Å². The standard InChI is InChI=1S/C20H29NO2/c1-16(10-11-17-8-6-5-7-9-17)18-12-14-21(15-13-18)19(22)23-20(2,3)4/h5-11,16,18H,12-15H2,1-4H3. The molecule has 1 fully saturated rings. The minimum absolute atomic E-state index is 0.177. The van der Waals surface area contributed by atoms with Gasteiger partial charge in [0.1, 0.15) is 5.60 Å². The Kier molecular flexibility index (Phi) is 5.86. The molecule has 0 spiro atoms. The van der Waals surface area contributed by atoms with Crippen molar-refractivity contribution in [3.63, 3.8) is 0 Å². The molecule has 0 saturated carbocycles. The lowest BCUT2D eigenvalue weighted by molar-refractivity contribution is 0.0171. The van der Waals surface area contributed by atoms with Gasteiger partial charge in [0.05, 0.1) is 0 Å². The van der Waals surface area contributed by atoms with Crippen LogP contribution in [0, 0.1) is 11.8 Å². The van der Waals surface area contributed by atoms with Crippen molar-refractivity contribution in [2.24, 2.45) is 11.8 Å². The number of ether oxygens (including phenoxy) is 1. The predicted molar refractivity (Wildman–Crippen MR) is 95.2 cm³/mol. The van der Waals surface area contributed by atoms with Crippen molar-refractivity contribution < 1.29 is 9.53 Å². The van der Waals surface area contributed by atoms with Crippen LogP contribution in [0.3, 0.4) is 0 Å². The molecule has 3 nitrogen and oxygen atoms in total. The molecule has 23 heavy (non-hydrogen) atoms. The van der Waals surface area contributed by atoms with E-state index in [2.05, 4.69) is 43.3 Å². The lowest BCUT2D eigenvalue weighted by Crippen LogP contribution is -2.42. The first-order valence-corrected chi connectivity index (χ1v) is 8.56. The van der Waals surface area contributed by atoms with Gasteiger partial charge in [-0.25, -0.2) is 4.79 Å². The van der Waals surface area contributed by atoms with Crippen molar-refractivity contribution in [1.82, 2.24) is 4.90 Å². The number of benzene rings is 1. The highest BCUT2D eigenvalue weighted by atomic mass is 16.6. The summed E-state index contributed by atoms with van der Waals surface area (Å²) in [4.78, 5) is 13.9. The van der Waals surface area contributed by atoms with Gasteiger partial charge in [-0.3, -0.25) is 0 Å². The molecule has 1 heterocycles. The van der Waals surface area contributed by atoms with Gasteiger partial charge < -0.3 is 9.64 Å². The normalized spacial score (nSPS) is 18.2. The van der Waals surface area contributed by atoms with E-state index in [4.69, 9.17) is 4.74 Å². The van der Waals surface area contributed by atoms with Gasteiger partial charge in [-0.2, -0.15) is 0 Å². The molecule has 1 aliphatic rings. The molecule has 3 heteroatoms. The largest absolute Gasteiger partial charge is 0.444 e. The van der Waals surface area contributed by atoms with Crippen LogP contribution in [0.25, 0.3) is 6.08 Å². The van der Waals surface area contributed by atoms with Crippen molar-refractivity contribution in [3.05, 3.63) is 42.0 Å². The number of rotatable bonds is 3. The summed E-state index contributed by atoms with van der Waals surface area (Å²) >= 11 is 0. The Morgan fingerprint density at radius 1 is 1.22 bits per heavy atom. The highest BCUT2D eigenvalue weighted by Gasteiger charge is 2.28. The number of carbonyl (C=O) groups is 1. The Bertz CT molecular complexity index is 522. The molecular formula is C20H29NO2. The van der Waals surface area contributed by atoms with Crippen LogP contribution in [0.2, 0.25) is 0 Å². The molecular weight excluding hydrogens is 286 g/mol. The second-order valence-corrected chi connectivity index (χ2v) is 7.43. The van der Waals surface area contributed by atoms with Crippen LogP contribution >= 0.6 is 0 Å². The minimum Gasteiger partial charge on any atom is -0.444 e. The monoisotopic (exact) mass is 315 g/mol. The van der Waals surface area contributed by atoms with E-state index in [0.717, 1.165) is 25.9 Å². The van der Waals surface area contributed by atoms with E-state index in [1.807, 2.05) is 31.7 Å². The van der Waals surface area contributed by atoms with Gasteiger partial charge in [-0.05, 0) is 51.0 Å². The van der Waals surface area contributed by atoms with E-state index >= 15 is 0 Å². The quantitative estimate of drug-likeness (QED) is 0.787. The van der Waals surface area contributed by atoms with E-state index < -0.39 is 5.60 Å². The van der Waals surface area contributed by atoms with Crippen LogP contribution in [0.4, 0.5) is 4.79 Å². The smallest absolute Gasteiger partial charge is 0.410 e. The minimum atomic E-state index is -0.417. The van der Waals surface area contributed by atoms with Gasteiger partial charge in [0.2, 0.25) is 0 Å². The van der Waals surface area contributed by atoms with E-state index in [-0.39, 0.29) is 6.09 Å². The molecule has 0 bridgehead atoms. The van der Waals surface area contributed by atoms with Crippen molar-refractivity contribution in [1.29, 1.82) is 0 Å². The molecule has 1 aromatic carbocycles. The van der Waals surface area contributed by atoms with Crippen LogP contribution in [0.1, 0.15) is 46.1 Å². The Labute approximate surface area is 140 Å². The molecule has 1 unspecified atom stereocenters. The molecule has 1 atom stereocenters. The van der Waals surface area contributed by atoms with Gasteiger partial charge in [0.15, 0.2) is 0 Å². The zero-order valence-electron chi connectivity index (χ0n) is 14.8. The van der Waals surface area contributed by atoms with E-state index in [1.54, 1.807) is 0 Å². The fraction of sp³-hybridized carbons (Fsp3) is 0.550. The Morgan fingerprint density at radius 3 is 2.39 bits per heavy atom. The summed E-state index contributed by atoms with van der Waals surface area (Å²) in [6.45, 7) is 9.59. The Balaban J connectivity index is 1.82. The number of amides is 1. The second kappa shape index (κ2) is 7.67. The summed E-state index contributed by atoms with van der Waals surface area (Å²) in [6.07, 6.45) is 6.40. The van der Waals surface area contributed by atoms with Crippen molar-refractivity contribution in [3.8, 4) is 0 Å². The number of likely N-dealkylation sites (tertiary alicyclic amines) is 1. The molecule has 0 N–H and O–H groups in total. The van der Waals surface area contributed by atoms with Crippen molar-refractivity contribution in [2.75, 3.05) is 13.1 Å². The van der Waals surface area contributed by atoms with Gasteiger partial charge in [0.25, 0.3) is 0 Å². The number of piperidine rings is 1. The van der Waals surface area contributed by atoms with Gasteiger partial charge in [-0.15, -0.1) is 0 Å². The number of nitrogens with zero attached hydrogens (tertiary/aromatic N) is 1. The van der Waals surface area contributed by atoms with E-state index in [0.29, 0.717) is 11.8 Å². The highest BCUT2D eigenvalue weighted by molar-refractivity contribution is 5.68. The average molecular weight is 315 g/mol. The summed E-state index contributed by atoms with van der Waals surface area (Å²) in [5.41, 5.74) is 0.824. The third-order valence-electron chi connectivity index (χ3n) is 4.33. The van der Waals surface area contributed by atoms with Crippen LogP contribution in [-0.4, -0.2) is 29.7 Å². The SMILES string of the molecule is CC(C=Cc1ccccc1)C1CCN(C(=O)OC(C)(C)C)CC1. The maximum Gasteiger partial charge on any atom is 0.410 e. The molecule has 126 valence electrons. The van der Waals surface area contributed by atoms with Crippen LogP contribution in [0.15, 0.2) is 36.4 Å². The Morgan fingerprint density at radius 2 is 1.83 bits per heavy atom. The molecule has 0 aromatic heterocycles. The lowest BCUT2D eigenvalue weighted by Gasteiger charge is -2.35. The van der Waals surface area contributed by atoms with Crippen LogP contribution < -0.4 is 0 Å². The fourth-order valence-electron chi connectivity index (χ4n) is 2.92. The first-order valence-electron chi connectivity index (χ1n) is 8.56. The van der Waals surface area contributed by atoms with Gasteiger partial charge >= 0.3 is 6.09 Å². The van der Waals surface area contributed by atoms with E-state index in [9.17, 15) is 4.79 Å². The summed E-state index contributed by atoms with van der Waals surface area (Å²) < 4.78 is 5.45. The zero-order valence-corrected chi connectivity index (χ0v) is 14.8. The predicted octanol–water partition coefficient (Wildman–Crippen LogP) is 4.98. The zero-order chi connectivity index (χ0) is 16.9. The fourth-order valence-corrected chi connectivity index (χ4v) is 2.92. The summed E-state index contributed by atoms with van der Waals surface area (Å²) in [6, 6.07) is 10.4. The lowest BCUT2D eigenvalue weighted by atomic mass is 9.85. The maximum absolute atomic E-state index is 12.1. The molecule has 1 amide bonds. The molecule has 0 aliphatic carbocycles. The number of allylic oxidation sites excluding steroid dienone is 1. The van der Waals surface area contributed by atoms with Gasteiger partial charge in [-0.1, -0.05) is 49.4 Å². The summed E-state index contributed by atoms with van der Waals surface area (Å²) in [7, 11) is 0. The maximum atomic E-state index is 12.1. The Hall–Kier alpha value is -1.77. The third kappa shape index (κ3) is 5.74. The summed E-state index contributed by atoms with van der Waals surface area (Å²) in [5.74, 6) is 1.16.